The van der Waals surface area contributed by atoms with E-state index in [-0.39, 0.29) is 12.1 Å². The van der Waals surface area contributed by atoms with E-state index in [2.05, 4.69) is 66.2 Å². The first-order valence-electron chi connectivity index (χ1n) is 13.6. The molecule has 1 saturated carbocycles. The normalized spacial score (nSPS) is 17.4. The third-order valence-corrected chi connectivity index (χ3v) is 7.36. The van der Waals surface area contributed by atoms with Gasteiger partial charge in [0.2, 0.25) is 11.9 Å². The van der Waals surface area contributed by atoms with E-state index in [0.717, 1.165) is 47.0 Å². The van der Waals surface area contributed by atoms with Crippen molar-refractivity contribution in [1.29, 1.82) is 0 Å². The second kappa shape index (κ2) is 12.2. The number of carbonyl (C=O) groups excluding carboxylic acids is 1. The zero-order chi connectivity index (χ0) is 28.1. The molecule has 210 valence electrons. The molecule has 4 aromatic rings. The van der Waals surface area contributed by atoms with Gasteiger partial charge < -0.3 is 20.7 Å². The number of ether oxygens (including phenoxy) is 1. The van der Waals surface area contributed by atoms with Crippen LogP contribution in [0.25, 0.3) is 16.9 Å². The summed E-state index contributed by atoms with van der Waals surface area (Å²) in [6.07, 6.45) is 7.13. The number of anilines is 2. The predicted molar refractivity (Wildman–Crippen MR) is 159 cm³/mol. The third-order valence-electron chi connectivity index (χ3n) is 6.80. The lowest BCUT2D eigenvalue weighted by molar-refractivity contribution is 0.0515. The van der Waals surface area contributed by atoms with Crippen LogP contribution in [0.4, 0.5) is 16.7 Å². The molecule has 1 aliphatic rings. The summed E-state index contributed by atoms with van der Waals surface area (Å²) in [6, 6.07) is 14.5. The molecule has 11 heteroatoms. The molecule has 5 rings (SSSR count). The second-order valence-electron chi connectivity index (χ2n) is 11.1. The minimum atomic E-state index is -0.490. The van der Waals surface area contributed by atoms with Crippen molar-refractivity contribution in [1.82, 2.24) is 29.9 Å². The van der Waals surface area contributed by atoms with Crippen LogP contribution in [0.2, 0.25) is 0 Å². The van der Waals surface area contributed by atoms with Crippen molar-refractivity contribution in [3.63, 3.8) is 0 Å². The Hall–Kier alpha value is -3.73. The molecule has 0 aliphatic heterocycles. The quantitative estimate of drug-likeness (QED) is 0.221. The molecule has 0 unspecified atom stereocenters. The summed E-state index contributed by atoms with van der Waals surface area (Å²) in [7, 11) is 0. The number of rotatable bonds is 8. The first-order valence-corrected chi connectivity index (χ1v) is 14.4. The van der Waals surface area contributed by atoms with E-state index >= 15 is 0 Å². The number of nitrogens with zero attached hydrogens (tertiary/aromatic N) is 5. The Morgan fingerprint density at radius 2 is 1.85 bits per heavy atom. The average Bonchev–Trinajstić information content (AvgIpc) is 3.32. The fraction of sp³-hybridized carbons (Fsp3) is 0.414. The third kappa shape index (κ3) is 7.26. The van der Waals surface area contributed by atoms with E-state index in [9.17, 15) is 4.79 Å². The molecule has 0 saturated heterocycles. The number of nitrogens with one attached hydrogen (secondary N) is 3. The van der Waals surface area contributed by atoms with Crippen LogP contribution in [0, 0.1) is 5.92 Å². The van der Waals surface area contributed by atoms with Gasteiger partial charge in [-0.15, -0.1) is 0 Å². The Morgan fingerprint density at radius 3 is 2.55 bits per heavy atom. The van der Waals surface area contributed by atoms with Gasteiger partial charge in [0.1, 0.15) is 5.60 Å². The lowest BCUT2D eigenvalue weighted by atomic mass is 9.86. The van der Waals surface area contributed by atoms with Crippen LogP contribution in [0.1, 0.15) is 52.0 Å². The highest BCUT2D eigenvalue weighted by molar-refractivity contribution is 9.10. The average molecular weight is 608 g/mol. The summed E-state index contributed by atoms with van der Waals surface area (Å²) in [5.74, 6) is 1.61. The number of halogens is 1. The number of alkyl carbamates (subject to hydrolysis) is 1. The van der Waals surface area contributed by atoms with Crippen LogP contribution in [-0.4, -0.2) is 48.8 Å². The molecule has 1 aliphatic carbocycles. The van der Waals surface area contributed by atoms with Crippen molar-refractivity contribution in [2.24, 2.45) is 5.92 Å². The van der Waals surface area contributed by atoms with Gasteiger partial charge in [0.15, 0.2) is 5.65 Å². The number of benzene rings is 1. The monoisotopic (exact) mass is 606 g/mol. The summed E-state index contributed by atoms with van der Waals surface area (Å²) >= 11 is 3.56. The van der Waals surface area contributed by atoms with Gasteiger partial charge in [0.25, 0.3) is 0 Å². The molecule has 3 aromatic heterocycles. The molecule has 3 N–H and O–H groups in total. The Morgan fingerprint density at radius 1 is 1.07 bits per heavy atom. The van der Waals surface area contributed by atoms with Gasteiger partial charge in [-0.2, -0.15) is 19.6 Å². The Balaban J connectivity index is 1.19. The van der Waals surface area contributed by atoms with Gasteiger partial charge in [-0.25, -0.2) is 4.79 Å². The number of amides is 1. The van der Waals surface area contributed by atoms with Gasteiger partial charge in [-0.05, 0) is 86.0 Å². The first kappa shape index (κ1) is 27.8. The van der Waals surface area contributed by atoms with Crippen molar-refractivity contribution in [2.75, 3.05) is 17.2 Å². The van der Waals surface area contributed by atoms with Gasteiger partial charge in [0, 0.05) is 30.9 Å². The zero-order valence-corrected chi connectivity index (χ0v) is 24.6. The van der Waals surface area contributed by atoms with Crippen molar-refractivity contribution >= 4 is 39.6 Å². The zero-order valence-electron chi connectivity index (χ0n) is 23.0. The number of aromatic nitrogens is 5. The molecule has 0 atom stereocenters. The summed E-state index contributed by atoms with van der Waals surface area (Å²) in [5, 5.41) is 14.3. The number of pyridine rings is 1. The standard InChI is InChI=1S/C29H35BrN8O2/c1-29(2,3)40-28(39)33-17-20-9-13-22(14-10-20)35-26-36-25-23(30)18-34-38(25)27(37-26)32-16-19-7-11-21(12-8-19)24-6-4-5-15-31-24/h4-8,11-12,15,18,20,22H,9-10,13-14,16-17H2,1-3H3,(H,33,39)(H2,32,35,36,37)/t20-,22-. The minimum Gasteiger partial charge on any atom is -0.444 e. The van der Waals surface area contributed by atoms with Gasteiger partial charge in [-0.1, -0.05) is 30.3 Å². The molecule has 0 bridgehead atoms. The van der Waals surface area contributed by atoms with Crippen molar-refractivity contribution in [3.05, 3.63) is 64.9 Å². The number of fused-ring (bicyclic) bond motifs is 1. The number of hydrogen-bond acceptors (Lipinski definition) is 8. The Labute approximate surface area is 242 Å². The van der Waals surface area contributed by atoms with Crippen molar-refractivity contribution in [2.45, 2.75) is 64.6 Å². The van der Waals surface area contributed by atoms with E-state index in [1.807, 2.05) is 39.0 Å². The van der Waals surface area contributed by atoms with E-state index in [1.165, 1.54) is 0 Å². The molecule has 0 spiro atoms. The first-order chi connectivity index (χ1) is 19.2. The fourth-order valence-corrected chi connectivity index (χ4v) is 5.12. The maximum atomic E-state index is 12.0. The SMILES string of the molecule is CC(C)(C)OC(=O)NC[C@H]1CC[C@H](Nc2nc(NCc3ccc(-c4ccccn4)cc3)n3ncc(Br)c3n2)CC1. The van der Waals surface area contributed by atoms with Crippen LogP contribution in [0.15, 0.2) is 59.3 Å². The van der Waals surface area contributed by atoms with Crippen LogP contribution in [-0.2, 0) is 11.3 Å². The molecule has 0 radical (unpaired) electrons. The van der Waals surface area contributed by atoms with E-state index in [4.69, 9.17) is 14.7 Å². The van der Waals surface area contributed by atoms with Crippen LogP contribution < -0.4 is 16.0 Å². The fourth-order valence-electron chi connectivity index (χ4n) is 4.77. The molecular weight excluding hydrogens is 572 g/mol. The Kier molecular flexibility index (Phi) is 8.49. The topological polar surface area (TPSA) is 118 Å². The van der Waals surface area contributed by atoms with Crippen molar-refractivity contribution < 1.29 is 9.53 Å². The van der Waals surface area contributed by atoms with Crippen LogP contribution in [0.3, 0.4) is 0 Å². The minimum absolute atomic E-state index is 0.258. The molecule has 1 aromatic carbocycles. The maximum absolute atomic E-state index is 12.0. The van der Waals surface area contributed by atoms with Crippen LogP contribution in [0.5, 0.6) is 0 Å². The Bertz CT molecular complexity index is 1430. The molecule has 1 amide bonds. The number of carbonyl (C=O) groups is 1. The summed E-state index contributed by atoms with van der Waals surface area (Å²) in [4.78, 5) is 25.9. The molecule has 10 nitrogen and oxygen atoms in total. The smallest absolute Gasteiger partial charge is 0.407 e. The molecule has 1 fully saturated rings. The van der Waals surface area contributed by atoms with E-state index in [0.29, 0.717) is 36.6 Å². The lowest BCUT2D eigenvalue weighted by Gasteiger charge is -2.29. The molecular formula is C29H35BrN8O2. The van der Waals surface area contributed by atoms with Gasteiger partial charge in [0.05, 0.1) is 16.4 Å². The highest BCUT2D eigenvalue weighted by atomic mass is 79.9. The predicted octanol–water partition coefficient (Wildman–Crippen LogP) is 6.06. The highest BCUT2D eigenvalue weighted by Gasteiger charge is 2.24. The molecule has 3 heterocycles. The maximum Gasteiger partial charge on any atom is 0.407 e. The summed E-state index contributed by atoms with van der Waals surface area (Å²) in [5.41, 5.74) is 3.35. The van der Waals surface area contributed by atoms with Gasteiger partial charge >= 0.3 is 6.09 Å². The largest absolute Gasteiger partial charge is 0.444 e. The molecule has 40 heavy (non-hydrogen) atoms. The van der Waals surface area contributed by atoms with Gasteiger partial charge in [-0.3, -0.25) is 4.98 Å². The second-order valence-corrected chi connectivity index (χ2v) is 12.0. The van der Waals surface area contributed by atoms with Crippen molar-refractivity contribution in [3.8, 4) is 11.3 Å². The lowest BCUT2D eigenvalue weighted by Crippen LogP contribution is -2.37. The summed E-state index contributed by atoms with van der Waals surface area (Å²) < 4.78 is 7.86. The number of hydrogen-bond donors (Lipinski definition) is 3. The van der Waals surface area contributed by atoms with E-state index < -0.39 is 5.60 Å². The van der Waals surface area contributed by atoms with Crippen LogP contribution >= 0.6 is 15.9 Å². The summed E-state index contributed by atoms with van der Waals surface area (Å²) in [6.45, 7) is 6.82. The van der Waals surface area contributed by atoms with E-state index in [1.54, 1.807) is 16.9 Å². The highest BCUT2D eigenvalue weighted by Crippen LogP contribution is 2.27.